The van der Waals surface area contributed by atoms with Crippen LogP contribution in [-0.4, -0.2) is 26.3 Å². The third kappa shape index (κ3) is 3.09. The van der Waals surface area contributed by atoms with Crippen LogP contribution < -0.4 is 14.8 Å². The van der Waals surface area contributed by atoms with Crippen LogP contribution in [0.3, 0.4) is 0 Å². The van der Waals surface area contributed by atoms with Gasteiger partial charge in [-0.05, 0) is 75.2 Å². The summed E-state index contributed by atoms with van der Waals surface area (Å²) in [5.41, 5.74) is 1.40. The fourth-order valence-electron chi connectivity index (χ4n) is 3.38. The number of piperidine rings is 1. The number of hydrogen-bond donors (Lipinski definition) is 1. The lowest BCUT2D eigenvalue weighted by Crippen LogP contribution is -2.26. The van der Waals surface area contributed by atoms with Crippen LogP contribution in [0.2, 0.25) is 0 Å². The van der Waals surface area contributed by atoms with Gasteiger partial charge in [0.15, 0.2) is 11.5 Å². The van der Waals surface area contributed by atoms with E-state index in [2.05, 4.69) is 23.5 Å². The van der Waals surface area contributed by atoms with Crippen molar-refractivity contribution in [3.63, 3.8) is 0 Å². The Morgan fingerprint density at radius 1 is 1.00 bits per heavy atom. The van der Waals surface area contributed by atoms with E-state index in [9.17, 15) is 0 Å². The molecule has 3 rings (SSSR count). The zero-order valence-corrected chi connectivity index (χ0v) is 12.4. The summed E-state index contributed by atoms with van der Waals surface area (Å²) >= 11 is 0. The molecule has 1 saturated heterocycles. The summed E-state index contributed by atoms with van der Waals surface area (Å²) in [6, 6.07) is 6.49. The maximum Gasteiger partial charge on any atom is 0.161 e. The summed E-state index contributed by atoms with van der Waals surface area (Å²) in [5, 5.41) is 3.42. The molecule has 0 aromatic heterocycles. The molecule has 1 aromatic carbocycles. The summed E-state index contributed by atoms with van der Waals surface area (Å²) in [4.78, 5) is 0. The molecule has 110 valence electrons. The lowest BCUT2D eigenvalue weighted by Gasteiger charge is -2.24. The van der Waals surface area contributed by atoms with Crippen LogP contribution in [0.1, 0.15) is 50.0 Å². The van der Waals surface area contributed by atoms with Gasteiger partial charge in [0.2, 0.25) is 0 Å². The molecule has 2 aliphatic rings. The second-order valence-electron chi connectivity index (χ2n) is 5.96. The molecule has 0 amide bonds. The minimum absolute atomic E-state index is 0.382. The van der Waals surface area contributed by atoms with Crippen LogP contribution in [0.5, 0.6) is 11.5 Å². The molecule has 20 heavy (non-hydrogen) atoms. The van der Waals surface area contributed by atoms with Crippen LogP contribution in [0, 0.1) is 0 Å². The van der Waals surface area contributed by atoms with Gasteiger partial charge in [-0.3, -0.25) is 0 Å². The molecular formula is C17H25NO2. The van der Waals surface area contributed by atoms with E-state index in [4.69, 9.17) is 9.47 Å². The highest BCUT2D eigenvalue weighted by atomic mass is 16.5. The van der Waals surface area contributed by atoms with E-state index < -0.39 is 0 Å². The molecule has 0 radical (unpaired) electrons. The molecule has 1 N–H and O–H groups in total. The van der Waals surface area contributed by atoms with Gasteiger partial charge in [0, 0.05) is 0 Å². The van der Waals surface area contributed by atoms with E-state index in [1.54, 1.807) is 7.11 Å². The number of rotatable bonds is 4. The Balaban J connectivity index is 1.78. The Labute approximate surface area is 121 Å². The minimum atomic E-state index is 0.382. The van der Waals surface area contributed by atoms with Crippen molar-refractivity contribution in [3.8, 4) is 11.5 Å². The second kappa shape index (κ2) is 6.49. The van der Waals surface area contributed by atoms with Crippen molar-refractivity contribution >= 4 is 0 Å². The van der Waals surface area contributed by atoms with Crippen LogP contribution >= 0.6 is 0 Å². The lowest BCUT2D eigenvalue weighted by atomic mass is 9.90. The molecule has 1 saturated carbocycles. The predicted molar refractivity (Wildman–Crippen MR) is 80.7 cm³/mol. The molecule has 3 heteroatoms. The summed E-state index contributed by atoms with van der Waals surface area (Å²) in [7, 11) is 1.72. The standard InChI is InChI=1S/C17H25NO2/c1-19-16-7-6-14(13-8-10-18-11-9-13)12-17(16)20-15-4-2-3-5-15/h6-7,12-13,15,18H,2-5,8-11H2,1H3. The molecule has 1 aromatic rings. The largest absolute Gasteiger partial charge is 0.493 e. The minimum Gasteiger partial charge on any atom is -0.493 e. The summed E-state index contributed by atoms with van der Waals surface area (Å²) in [5.74, 6) is 2.47. The third-order valence-corrected chi connectivity index (χ3v) is 4.59. The SMILES string of the molecule is COc1ccc(C2CCNCC2)cc1OC1CCCC1. The Kier molecular flexibility index (Phi) is 4.46. The highest BCUT2D eigenvalue weighted by Crippen LogP contribution is 2.36. The number of nitrogens with one attached hydrogen (secondary N) is 1. The highest BCUT2D eigenvalue weighted by molar-refractivity contribution is 5.44. The molecule has 0 unspecified atom stereocenters. The fraction of sp³-hybridized carbons (Fsp3) is 0.647. The van der Waals surface area contributed by atoms with Crippen molar-refractivity contribution in [2.75, 3.05) is 20.2 Å². The average Bonchev–Trinajstić information content (AvgIpc) is 3.01. The van der Waals surface area contributed by atoms with Gasteiger partial charge in [-0.25, -0.2) is 0 Å². The van der Waals surface area contributed by atoms with E-state index in [-0.39, 0.29) is 0 Å². The van der Waals surface area contributed by atoms with E-state index in [0.29, 0.717) is 12.0 Å². The molecule has 0 bridgehead atoms. The quantitative estimate of drug-likeness (QED) is 0.912. The number of ether oxygens (including phenoxy) is 2. The normalized spacial score (nSPS) is 21.1. The van der Waals surface area contributed by atoms with Crippen molar-refractivity contribution in [2.24, 2.45) is 0 Å². The zero-order chi connectivity index (χ0) is 13.8. The molecule has 0 atom stereocenters. The first-order valence-corrected chi connectivity index (χ1v) is 7.92. The topological polar surface area (TPSA) is 30.5 Å². The van der Waals surface area contributed by atoms with E-state index in [0.717, 1.165) is 24.6 Å². The molecule has 0 spiro atoms. The molecular weight excluding hydrogens is 250 g/mol. The van der Waals surface area contributed by atoms with Crippen LogP contribution in [-0.2, 0) is 0 Å². The summed E-state index contributed by atoms with van der Waals surface area (Å²) in [6.45, 7) is 2.24. The fourth-order valence-corrected chi connectivity index (χ4v) is 3.38. The number of methoxy groups -OCH3 is 1. The molecule has 2 fully saturated rings. The van der Waals surface area contributed by atoms with Gasteiger partial charge in [0.1, 0.15) is 0 Å². The van der Waals surface area contributed by atoms with E-state index in [1.807, 2.05) is 0 Å². The third-order valence-electron chi connectivity index (χ3n) is 4.59. The Morgan fingerprint density at radius 2 is 1.75 bits per heavy atom. The van der Waals surface area contributed by atoms with E-state index >= 15 is 0 Å². The van der Waals surface area contributed by atoms with Crippen LogP contribution in [0.4, 0.5) is 0 Å². The molecule has 1 aliphatic carbocycles. The van der Waals surface area contributed by atoms with Gasteiger partial charge in [-0.15, -0.1) is 0 Å². The van der Waals surface area contributed by atoms with Gasteiger partial charge in [-0.2, -0.15) is 0 Å². The Bertz CT molecular complexity index is 435. The average molecular weight is 275 g/mol. The first-order valence-electron chi connectivity index (χ1n) is 7.92. The van der Waals surface area contributed by atoms with E-state index in [1.165, 1.54) is 44.1 Å². The van der Waals surface area contributed by atoms with Crippen molar-refractivity contribution in [3.05, 3.63) is 23.8 Å². The maximum atomic E-state index is 6.19. The van der Waals surface area contributed by atoms with Crippen molar-refractivity contribution < 1.29 is 9.47 Å². The zero-order valence-electron chi connectivity index (χ0n) is 12.4. The Morgan fingerprint density at radius 3 is 2.45 bits per heavy atom. The van der Waals surface area contributed by atoms with Crippen LogP contribution in [0.15, 0.2) is 18.2 Å². The molecule has 3 nitrogen and oxygen atoms in total. The van der Waals surface area contributed by atoms with Crippen molar-refractivity contribution in [2.45, 2.75) is 50.5 Å². The first-order chi connectivity index (χ1) is 9.86. The van der Waals surface area contributed by atoms with Crippen molar-refractivity contribution in [1.29, 1.82) is 0 Å². The maximum absolute atomic E-state index is 6.19. The number of hydrogen-bond acceptors (Lipinski definition) is 3. The van der Waals surface area contributed by atoms with Gasteiger partial charge < -0.3 is 14.8 Å². The van der Waals surface area contributed by atoms with Gasteiger partial charge in [0.05, 0.1) is 13.2 Å². The van der Waals surface area contributed by atoms with Crippen LogP contribution in [0.25, 0.3) is 0 Å². The molecule has 1 aliphatic heterocycles. The lowest BCUT2D eigenvalue weighted by molar-refractivity contribution is 0.200. The second-order valence-corrected chi connectivity index (χ2v) is 5.96. The van der Waals surface area contributed by atoms with Gasteiger partial charge in [0.25, 0.3) is 0 Å². The monoisotopic (exact) mass is 275 g/mol. The molecule has 1 heterocycles. The summed E-state index contributed by atoms with van der Waals surface area (Å²) < 4.78 is 11.6. The van der Waals surface area contributed by atoms with Gasteiger partial charge in [-0.1, -0.05) is 6.07 Å². The highest BCUT2D eigenvalue weighted by Gasteiger charge is 2.21. The number of benzene rings is 1. The summed E-state index contributed by atoms with van der Waals surface area (Å²) in [6.07, 6.45) is 7.76. The van der Waals surface area contributed by atoms with Gasteiger partial charge >= 0.3 is 0 Å². The smallest absolute Gasteiger partial charge is 0.161 e. The predicted octanol–water partition coefficient (Wildman–Crippen LogP) is 3.48. The Hall–Kier alpha value is -1.22. The van der Waals surface area contributed by atoms with Crippen molar-refractivity contribution in [1.82, 2.24) is 5.32 Å². The first kappa shape index (κ1) is 13.7.